The van der Waals surface area contributed by atoms with Gasteiger partial charge in [-0.1, -0.05) is 23.7 Å². The lowest BCUT2D eigenvalue weighted by atomic mass is 10.3. The molecule has 1 aromatic heterocycles. The van der Waals surface area contributed by atoms with Crippen LogP contribution in [0.25, 0.3) is 0 Å². The summed E-state index contributed by atoms with van der Waals surface area (Å²) in [5, 5.41) is 0.464. The van der Waals surface area contributed by atoms with Crippen LogP contribution in [0.4, 0.5) is 5.69 Å². The molecule has 0 fully saturated rings. The SMILES string of the molecule is Nc1cccc(OCc2cccnc2Cl)c1. The van der Waals surface area contributed by atoms with Crippen molar-refractivity contribution in [1.29, 1.82) is 0 Å². The van der Waals surface area contributed by atoms with Gasteiger partial charge in [0.15, 0.2) is 0 Å². The maximum atomic E-state index is 5.91. The van der Waals surface area contributed by atoms with Crippen LogP contribution < -0.4 is 10.5 Å². The summed E-state index contributed by atoms with van der Waals surface area (Å²) in [5.41, 5.74) is 7.17. The van der Waals surface area contributed by atoms with E-state index in [0.29, 0.717) is 17.4 Å². The van der Waals surface area contributed by atoms with Gasteiger partial charge in [0, 0.05) is 23.5 Å². The van der Waals surface area contributed by atoms with Crippen molar-refractivity contribution < 1.29 is 4.74 Å². The van der Waals surface area contributed by atoms with Crippen molar-refractivity contribution in [1.82, 2.24) is 4.98 Å². The minimum atomic E-state index is 0.385. The van der Waals surface area contributed by atoms with Crippen molar-refractivity contribution in [2.75, 3.05) is 5.73 Å². The van der Waals surface area contributed by atoms with Gasteiger partial charge in [-0.25, -0.2) is 4.98 Å². The second kappa shape index (κ2) is 4.86. The zero-order valence-electron chi connectivity index (χ0n) is 8.56. The lowest BCUT2D eigenvalue weighted by molar-refractivity contribution is 0.306. The van der Waals surface area contributed by atoms with E-state index in [1.165, 1.54) is 0 Å². The Kier molecular flexibility index (Phi) is 3.27. The third-order valence-corrected chi connectivity index (χ3v) is 2.43. The summed E-state index contributed by atoms with van der Waals surface area (Å²) >= 11 is 5.91. The highest BCUT2D eigenvalue weighted by Gasteiger charge is 2.01. The van der Waals surface area contributed by atoms with Gasteiger partial charge in [0.1, 0.15) is 17.5 Å². The van der Waals surface area contributed by atoms with Gasteiger partial charge < -0.3 is 10.5 Å². The van der Waals surface area contributed by atoms with Crippen LogP contribution in [-0.2, 0) is 6.61 Å². The molecule has 0 radical (unpaired) electrons. The van der Waals surface area contributed by atoms with E-state index in [-0.39, 0.29) is 0 Å². The van der Waals surface area contributed by atoms with Gasteiger partial charge in [-0.05, 0) is 18.2 Å². The Bertz CT molecular complexity index is 488. The average molecular weight is 235 g/mol. The normalized spacial score (nSPS) is 10.1. The van der Waals surface area contributed by atoms with Crippen molar-refractivity contribution in [3.63, 3.8) is 0 Å². The molecular formula is C12H11ClN2O. The van der Waals surface area contributed by atoms with Crippen LogP contribution in [-0.4, -0.2) is 4.98 Å². The maximum Gasteiger partial charge on any atom is 0.135 e. The number of anilines is 1. The van der Waals surface area contributed by atoms with Crippen molar-refractivity contribution in [2.24, 2.45) is 0 Å². The lowest BCUT2D eigenvalue weighted by Crippen LogP contribution is -1.97. The number of rotatable bonds is 3. The number of hydrogen-bond donors (Lipinski definition) is 1. The Morgan fingerprint density at radius 3 is 2.88 bits per heavy atom. The Morgan fingerprint density at radius 2 is 2.12 bits per heavy atom. The summed E-state index contributed by atoms with van der Waals surface area (Å²) < 4.78 is 5.55. The number of ether oxygens (including phenoxy) is 1. The van der Waals surface area contributed by atoms with Crippen molar-refractivity contribution in [3.8, 4) is 5.75 Å². The molecule has 0 saturated heterocycles. The van der Waals surface area contributed by atoms with E-state index in [1.54, 1.807) is 12.3 Å². The molecule has 0 unspecified atom stereocenters. The van der Waals surface area contributed by atoms with E-state index in [0.717, 1.165) is 11.3 Å². The molecule has 2 rings (SSSR count). The Balaban J connectivity index is 2.05. The number of aromatic nitrogens is 1. The molecule has 0 spiro atoms. The number of pyridine rings is 1. The van der Waals surface area contributed by atoms with Gasteiger partial charge in [-0.3, -0.25) is 0 Å². The number of hydrogen-bond acceptors (Lipinski definition) is 3. The van der Waals surface area contributed by atoms with Crippen LogP contribution in [0.3, 0.4) is 0 Å². The van der Waals surface area contributed by atoms with Crippen LogP contribution in [0.2, 0.25) is 5.15 Å². The molecular weight excluding hydrogens is 224 g/mol. The number of nitrogens with two attached hydrogens (primary N) is 1. The molecule has 0 aliphatic rings. The van der Waals surface area contributed by atoms with E-state index in [2.05, 4.69) is 4.98 Å². The summed E-state index contributed by atoms with van der Waals surface area (Å²) in [6.45, 7) is 0.385. The third-order valence-electron chi connectivity index (χ3n) is 2.09. The topological polar surface area (TPSA) is 48.1 Å². The largest absolute Gasteiger partial charge is 0.489 e. The third kappa shape index (κ3) is 2.64. The average Bonchev–Trinajstić information content (AvgIpc) is 2.28. The lowest BCUT2D eigenvalue weighted by Gasteiger charge is -2.07. The van der Waals surface area contributed by atoms with E-state index >= 15 is 0 Å². The Hall–Kier alpha value is -1.74. The van der Waals surface area contributed by atoms with Crippen LogP contribution in [0.5, 0.6) is 5.75 Å². The Labute approximate surface area is 98.8 Å². The summed E-state index contributed by atoms with van der Waals surface area (Å²) in [5.74, 6) is 0.722. The molecule has 16 heavy (non-hydrogen) atoms. The van der Waals surface area contributed by atoms with Crippen LogP contribution in [0.15, 0.2) is 42.6 Å². The first kappa shape index (κ1) is 10.8. The van der Waals surface area contributed by atoms with Gasteiger partial charge >= 0.3 is 0 Å². The molecule has 0 aliphatic heterocycles. The molecule has 0 aliphatic carbocycles. The monoisotopic (exact) mass is 234 g/mol. The molecule has 2 aromatic rings. The van der Waals surface area contributed by atoms with Gasteiger partial charge in [-0.2, -0.15) is 0 Å². The fourth-order valence-corrected chi connectivity index (χ4v) is 1.47. The van der Waals surface area contributed by atoms with Gasteiger partial charge in [0.25, 0.3) is 0 Å². The van der Waals surface area contributed by atoms with E-state index < -0.39 is 0 Å². The van der Waals surface area contributed by atoms with Crippen molar-refractivity contribution in [2.45, 2.75) is 6.61 Å². The predicted molar refractivity (Wildman–Crippen MR) is 64.4 cm³/mol. The van der Waals surface area contributed by atoms with E-state index in [1.807, 2.05) is 30.3 Å². The minimum Gasteiger partial charge on any atom is -0.489 e. The summed E-state index contributed by atoms with van der Waals surface area (Å²) in [6, 6.07) is 11.0. The first-order valence-electron chi connectivity index (χ1n) is 4.83. The molecule has 0 atom stereocenters. The molecule has 2 N–H and O–H groups in total. The molecule has 0 saturated carbocycles. The number of nitrogen functional groups attached to an aromatic ring is 1. The highest BCUT2D eigenvalue weighted by Crippen LogP contribution is 2.18. The fourth-order valence-electron chi connectivity index (χ4n) is 1.29. The van der Waals surface area contributed by atoms with Crippen molar-refractivity contribution in [3.05, 3.63) is 53.3 Å². The smallest absolute Gasteiger partial charge is 0.135 e. The minimum absolute atomic E-state index is 0.385. The van der Waals surface area contributed by atoms with Gasteiger partial charge in [0.2, 0.25) is 0 Å². The quantitative estimate of drug-likeness (QED) is 0.656. The molecule has 1 heterocycles. The van der Waals surface area contributed by atoms with Crippen LogP contribution in [0, 0.1) is 0 Å². The standard InChI is InChI=1S/C12H11ClN2O/c13-12-9(3-2-6-15-12)8-16-11-5-1-4-10(14)7-11/h1-7H,8,14H2. The zero-order chi connectivity index (χ0) is 11.4. The summed E-state index contributed by atoms with van der Waals surface area (Å²) in [6.07, 6.45) is 1.65. The molecule has 4 heteroatoms. The molecule has 0 amide bonds. The highest BCUT2D eigenvalue weighted by atomic mass is 35.5. The number of nitrogens with zero attached hydrogens (tertiary/aromatic N) is 1. The van der Waals surface area contributed by atoms with Gasteiger partial charge in [0.05, 0.1) is 0 Å². The first-order chi connectivity index (χ1) is 7.75. The molecule has 82 valence electrons. The van der Waals surface area contributed by atoms with Crippen LogP contribution >= 0.6 is 11.6 Å². The molecule has 0 bridgehead atoms. The Morgan fingerprint density at radius 1 is 1.25 bits per heavy atom. The van der Waals surface area contributed by atoms with Gasteiger partial charge in [-0.15, -0.1) is 0 Å². The molecule has 3 nitrogen and oxygen atoms in total. The highest BCUT2D eigenvalue weighted by molar-refractivity contribution is 6.30. The summed E-state index contributed by atoms with van der Waals surface area (Å²) in [4.78, 5) is 3.97. The summed E-state index contributed by atoms with van der Waals surface area (Å²) in [7, 11) is 0. The second-order valence-electron chi connectivity index (χ2n) is 3.31. The zero-order valence-corrected chi connectivity index (χ0v) is 9.32. The van der Waals surface area contributed by atoms with E-state index in [9.17, 15) is 0 Å². The fraction of sp³-hybridized carbons (Fsp3) is 0.0833. The predicted octanol–water partition coefficient (Wildman–Crippen LogP) is 2.90. The maximum absolute atomic E-state index is 5.91. The number of halogens is 1. The second-order valence-corrected chi connectivity index (χ2v) is 3.67. The number of benzene rings is 1. The first-order valence-corrected chi connectivity index (χ1v) is 5.21. The van der Waals surface area contributed by atoms with Crippen molar-refractivity contribution >= 4 is 17.3 Å². The van der Waals surface area contributed by atoms with Crippen LogP contribution in [0.1, 0.15) is 5.56 Å². The molecule has 1 aromatic carbocycles. The van der Waals surface area contributed by atoms with E-state index in [4.69, 9.17) is 22.1 Å².